The minimum atomic E-state index is -0.0259. The van der Waals surface area contributed by atoms with Crippen molar-refractivity contribution in [2.24, 2.45) is 0 Å². The van der Waals surface area contributed by atoms with Crippen LogP contribution in [0.25, 0.3) is 0 Å². The summed E-state index contributed by atoms with van der Waals surface area (Å²) in [5.41, 5.74) is 0.0447. The standard InChI is InChI=1S/C8H16N2O.2C8H15NO/c1-8(2,3)10-6-5-9(4)7(10)11;2*1-8(2,3)9-6-4-5-7(9)10/h5-6H2,1-4H3;2*4-6H2,1-3H3. The van der Waals surface area contributed by atoms with Crippen molar-refractivity contribution in [3.63, 3.8) is 0 Å². The molecule has 0 N–H and O–H groups in total. The highest BCUT2D eigenvalue weighted by molar-refractivity contribution is 5.79. The Kier molecular flexibility index (Phi) is 8.98. The van der Waals surface area contributed by atoms with E-state index in [0.717, 1.165) is 51.9 Å². The van der Waals surface area contributed by atoms with Crippen molar-refractivity contribution in [2.75, 3.05) is 33.2 Å². The third-order valence-electron chi connectivity index (χ3n) is 5.79. The highest BCUT2D eigenvalue weighted by Crippen LogP contribution is 2.22. The molecular formula is C24H46N4O3. The molecule has 7 nitrogen and oxygen atoms in total. The summed E-state index contributed by atoms with van der Waals surface area (Å²) >= 11 is 0. The van der Waals surface area contributed by atoms with E-state index in [2.05, 4.69) is 62.3 Å². The van der Waals surface area contributed by atoms with E-state index < -0.39 is 0 Å². The number of nitrogens with zero attached hydrogens (tertiary/aromatic N) is 4. The number of amides is 4. The maximum absolute atomic E-state index is 11.4. The van der Waals surface area contributed by atoms with Gasteiger partial charge in [0.05, 0.1) is 0 Å². The summed E-state index contributed by atoms with van der Waals surface area (Å²) in [5, 5.41) is 0. The summed E-state index contributed by atoms with van der Waals surface area (Å²) in [6, 6.07) is 0.150. The molecule has 3 saturated heterocycles. The largest absolute Gasteiger partial charge is 0.338 e. The van der Waals surface area contributed by atoms with Gasteiger partial charge in [-0.2, -0.15) is 0 Å². The van der Waals surface area contributed by atoms with E-state index in [4.69, 9.17) is 0 Å². The second-order valence-electron chi connectivity index (χ2n) is 11.7. The Bertz CT molecular complexity index is 605. The highest BCUT2D eigenvalue weighted by Gasteiger charge is 2.33. The van der Waals surface area contributed by atoms with Crippen molar-refractivity contribution in [3.8, 4) is 0 Å². The fourth-order valence-corrected chi connectivity index (χ4v) is 3.98. The number of hydrogen-bond acceptors (Lipinski definition) is 3. The van der Waals surface area contributed by atoms with Gasteiger partial charge in [-0.1, -0.05) is 0 Å². The normalized spacial score (nSPS) is 20.1. The Morgan fingerprint density at radius 3 is 1.03 bits per heavy atom. The van der Waals surface area contributed by atoms with Gasteiger partial charge in [-0.05, 0) is 75.2 Å². The summed E-state index contributed by atoms with van der Waals surface area (Å²) in [5.74, 6) is 0.625. The number of carbonyl (C=O) groups is 3. The zero-order chi connectivity index (χ0) is 24.2. The fraction of sp³-hybridized carbons (Fsp3) is 0.875. The molecule has 0 aromatic carbocycles. The van der Waals surface area contributed by atoms with Gasteiger partial charge in [0.15, 0.2) is 0 Å². The van der Waals surface area contributed by atoms with E-state index in [-0.39, 0.29) is 22.6 Å². The molecule has 31 heavy (non-hydrogen) atoms. The van der Waals surface area contributed by atoms with Gasteiger partial charge in [0.1, 0.15) is 0 Å². The summed E-state index contributed by atoms with van der Waals surface area (Å²) in [4.78, 5) is 41.3. The van der Waals surface area contributed by atoms with Crippen molar-refractivity contribution in [1.82, 2.24) is 19.6 Å². The molecule has 0 aliphatic carbocycles. The quantitative estimate of drug-likeness (QED) is 0.575. The van der Waals surface area contributed by atoms with Gasteiger partial charge in [-0.3, -0.25) is 9.59 Å². The lowest BCUT2D eigenvalue weighted by atomic mass is 10.1. The van der Waals surface area contributed by atoms with Crippen LogP contribution in [-0.2, 0) is 9.59 Å². The second kappa shape index (κ2) is 10.2. The Hall–Kier alpha value is -1.79. The molecular weight excluding hydrogens is 392 g/mol. The molecule has 0 spiro atoms. The third-order valence-corrected chi connectivity index (χ3v) is 5.79. The van der Waals surface area contributed by atoms with Crippen LogP contribution < -0.4 is 0 Å². The molecule has 180 valence electrons. The fourth-order valence-electron chi connectivity index (χ4n) is 3.98. The minimum absolute atomic E-state index is 0.0259. The Labute approximate surface area is 190 Å². The number of hydrogen-bond donors (Lipinski definition) is 0. The zero-order valence-electron chi connectivity index (χ0n) is 21.7. The molecule has 3 rings (SSSR count). The average Bonchev–Trinajstić information content (AvgIpc) is 3.28. The number of likely N-dealkylation sites (N-methyl/N-ethyl adjacent to an activating group) is 1. The first-order chi connectivity index (χ1) is 14.0. The molecule has 0 unspecified atom stereocenters. The van der Waals surface area contributed by atoms with Gasteiger partial charge in [0.25, 0.3) is 0 Å². The topological polar surface area (TPSA) is 64.2 Å². The summed E-state index contributed by atoms with van der Waals surface area (Å²) in [6.07, 6.45) is 3.57. The number of carbonyl (C=O) groups excluding carboxylic acids is 3. The molecule has 0 bridgehead atoms. The van der Waals surface area contributed by atoms with Crippen LogP contribution in [0.1, 0.15) is 88.0 Å². The predicted molar refractivity (Wildman–Crippen MR) is 126 cm³/mol. The second-order valence-corrected chi connectivity index (χ2v) is 11.7. The van der Waals surface area contributed by atoms with Gasteiger partial charge in [0.2, 0.25) is 11.8 Å². The van der Waals surface area contributed by atoms with Crippen LogP contribution in [0.15, 0.2) is 0 Å². The first-order valence-electron chi connectivity index (χ1n) is 11.6. The molecule has 3 heterocycles. The van der Waals surface area contributed by atoms with Crippen molar-refractivity contribution in [3.05, 3.63) is 0 Å². The molecule has 0 saturated carbocycles. The smallest absolute Gasteiger partial charge is 0.320 e. The average molecular weight is 439 g/mol. The molecule has 7 heteroatoms. The monoisotopic (exact) mass is 438 g/mol. The van der Waals surface area contributed by atoms with Crippen LogP contribution in [0, 0.1) is 0 Å². The van der Waals surface area contributed by atoms with E-state index in [1.54, 1.807) is 4.90 Å². The SMILES string of the molecule is CC(C)(C)N1CCCC1=O.CC(C)(C)N1CCCC1=O.CN1CCN(C(C)(C)C)C1=O. The van der Waals surface area contributed by atoms with Gasteiger partial charge >= 0.3 is 6.03 Å². The third kappa shape index (κ3) is 8.00. The number of likely N-dealkylation sites (tertiary alicyclic amines) is 2. The summed E-state index contributed by atoms with van der Waals surface area (Å²) in [6.45, 7) is 22.3. The molecule has 3 aliphatic heterocycles. The van der Waals surface area contributed by atoms with E-state index in [1.807, 2.05) is 21.7 Å². The zero-order valence-corrected chi connectivity index (χ0v) is 21.7. The lowest BCUT2D eigenvalue weighted by Gasteiger charge is -2.31. The number of urea groups is 1. The number of rotatable bonds is 0. The van der Waals surface area contributed by atoms with Crippen molar-refractivity contribution in [1.29, 1.82) is 0 Å². The predicted octanol–water partition coefficient (Wildman–Crippen LogP) is 3.97. The van der Waals surface area contributed by atoms with Crippen LogP contribution >= 0.6 is 0 Å². The Morgan fingerprint density at radius 2 is 0.903 bits per heavy atom. The van der Waals surface area contributed by atoms with Crippen LogP contribution in [0.5, 0.6) is 0 Å². The first-order valence-corrected chi connectivity index (χ1v) is 11.6. The van der Waals surface area contributed by atoms with E-state index in [9.17, 15) is 14.4 Å². The molecule has 0 aromatic heterocycles. The molecule has 4 amide bonds. The van der Waals surface area contributed by atoms with Crippen LogP contribution in [-0.4, -0.2) is 87.3 Å². The highest BCUT2D eigenvalue weighted by atomic mass is 16.2. The summed E-state index contributed by atoms with van der Waals surface area (Å²) in [7, 11) is 1.84. The van der Waals surface area contributed by atoms with E-state index >= 15 is 0 Å². The first kappa shape index (κ1) is 27.2. The van der Waals surface area contributed by atoms with Gasteiger partial charge in [0, 0.05) is 62.7 Å². The molecule has 0 aromatic rings. The molecule has 0 radical (unpaired) electrons. The van der Waals surface area contributed by atoms with Crippen LogP contribution in [0.4, 0.5) is 4.79 Å². The van der Waals surface area contributed by atoms with Gasteiger partial charge in [-0.15, -0.1) is 0 Å². The lowest BCUT2D eigenvalue weighted by molar-refractivity contribution is -0.132. The maximum atomic E-state index is 11.4. The molecule has 0 atom stereocenters. The Balaban J connectivity index is 0.000000233. The van der Waals surface area contributed by atoms with E-state index in [0.29, 0.717) is 11.8 Å². The van der Waals surface area contributed by atoms with Crippen molar-refractivity contribution >= 4 is 17.8 Å². The molecule has 3 aliphatic rings. The van der Waals surface area contributed by atoms with Gasteiger partial charge < -0.3 is 19.6 Å². The van der Waals surface area contributed by atoms with Crippen molar-refractivity contribution in [2.45, 2.75) is 105 Å². The van der Waals surface area contributed by atoms with E-state index in [1.165, 1.54) is 0 Å². The molecule has 3 fully saturated rings. The van der Waals surface area contributed by atoms with Gasteiger partial charge in [-0.25, -0.2) is 4.79 Å². The maximum Gasteiger partial charge on any atom is 0.320 e. The Morgan fingerprint density at radius 1 is 0.548 bits per heavy atom. The van der Waals surface area contributed by atoms with Crippen LogP contribution in [0.3, 0.4) is 0 Å². The minimum Gasteiger partial charge on any atom is -0.338 e. The summed E-state index contributed by atoms with van der Waals surface area (Å²) < 4.78 is 0. The van der Waals surface area contributed by atoms with Crippen LogP contribution in [0.2, 0.25) is 0 Å². The lowest BCUT2D eigenvalue weighted by Crippen LogP contribution is -2.43. The van der Waals surface area contributed by atoms with Crippen molar-refractivity contribution < 1.29 is 14.4 Å².